The molecule has 2 aliphatic heterocycles. The molecule has 2 fully saturated rings. The number of anilines is 1. The van der Waals surface area contributed by atoms with Crippen molar-refractivity contribution in [2.24, 2.45) is 11.8 Å². The van der Waals surface area contributed by atoms with E-state index in [1.165, 1.54) is 0 Å². The van der Waals surface area contributed by atoms with E-state index in [2.05, 4.69) is 4.90 Å². The van der Waals surface area contributed by atoms with E-state index < -0.39 is 0 Å². The van der Waals surface area contributed by atoms with Crippen molar-refractivity contribution in [2.75, 3.05) is 58.3 Å². The Morgan fingerprint density at radius 3 is 2.31 bits per heavy atom. The van der Waals surface area contributed by atoms with Crippen molar-refractivity contribution >= 4 is 11.6 Å². The van der Waals surface area contributed by atoms with Crippen molar-refractivity contribution in [3.05, 3.63) is 29.8 Å². The summed E-state index contributed by atoms with van der Waals surface area (Å²) in [5.74, 6) is 0.470. The molecule has 2 saturated heterocycles. The third-order valence-corrected chi connectivity index (χ3v) is 5.78. The number of amides is 1. The van der Waals surface area contributed by atoms with Gasteiger partial charge in [-0.05, 0) is 43.0 Å². The van der Waals surface area contributed by atoms with Crippen molar-refractivity contribution in [3.8, 4) is 0 Å². The highest BCUT2D eigenvalue weighted by atomic mass is 16.3. The summed E-state index contributed by atoms with van der Waals surface area (Å²) in [6, 6.07) is 7.68. The number of nitrogens with zero attached hydrogens (tertiary/aromatic N) is 3. The number of likely N-dealkylation sites (tertiary alicyclic amines) is 2. The summed E-state index contributed by atoms with van der Waals surface area (Å²) < 4.78 is 0. The van der Waals surface area contributed by atoms with Gasteiger partial charge in [-0.1, -0.05) is 0 Å². The molecule has 0 aliphatic carbocycles. The van der Waals surface area contributed by atoms with E-state index in [4.69, 9.17) is 0 Å². The minimum absolute atomic E-state index is 0.0466. The second kappa shape index (κ2) is 8.37. The predicted molar refractivity (Wildman–Crippen MR) is 102 cm³/mol. The number of benzene rings is 1. The van der Waals surface area contributed by atoms with Crippen LogP contribution in [0.25, 0.3) is 0 Å². The van der Waals surface area contributed by atoms with Gasteiger partial charge in [0.15, 0.2) is 0 Å². The van der Waals surface area contributed by atoms with Gasteiger partial charge >= 0.3 is 0 Å². The van der Waals surface area contributed by atoms with E-state index in [9.17, 15) is 15.0 Å². The smallest absolute Gasteiger partial charge is 0.253 e. The monoisotopic (exact) mass is 361 g/mol. The maximum atomic E-state index is 12.9. The number of rotatable bonds is 5. The molecule has 2 atom stereocenters. The number of carbonyl (C=O) groups excluding carboxylic acids is 1. The zero-order valence-electron chi connectivity index (χ0n) is 15.8. The number of aliphatic hydroxyl groups is 2. The lowest BCUT2D eigenvalue weighted by Crippen LogP contribution is -2.40. The molecule has 1 aromatic carbocycles. The first-order valence-corrected chi connectivity index (χ1v) is 9.56. The maximum absolute atomic E-state index is 12.9. The molecule has 1 aromatic rings. The van der Waals surface area contributed by atoms with E-state index in [1.54, 1.807) is 0 Å². The zero-order valence-corrected chi connectivity index (χ0v) is 15.8. The van der Waals surface area contributed by atoms with Gasteiger partial charge in [0.05, 0.1) is 6.10 Å². The van der Waals surface area contributed by atoms with Gasteiger partial charge in [-0.15, -0.1) is 0 Å². The Morgan fingerprint density at radius 2 is 1.73 bits per heavy atom. The predicted octanol–water partition coefficient (Wildman–Crippen LogP) is 0.890. The van der Waals surface area contributed by atoms with Crippen LogP contribution in [0.5, 0.6) is 0 Å². The van der Waals surface area contributed by atoms with Gasteiger partial charge < -0.3 is 24.9 Å². The average molecular weight is 361 g/mol. The summed E-state index contributed by atoms with van der Waals surface area (Å²) >= 11 is 0. The Hall–Kier alpha value is -1.63. The molecule has 2 N–H and O–H groups in total. The van der Waals surface area contributed by atoms with Crippen molar-refractivity contribution in [1.29, 1.82) is 0 Å². The lowest BCUT2D eigenvalue weighted by Gasteiger charge is -2.32. The Balaban J connectivity index is 1.61. The molecule has 0 aromatic heterocycles. The van der Waals surface area contributed by atoms with Crippen LogP contribution in [-0.4, -0.2) is 85.5 Å². The molecule has 144 valence electrons. The summed E-state index contributed by atoms with van der Waals surface area (Å²) in [5.41, 5.74) is 1.77. The summed E-state index contributed by atoms with van der Waals surface area (Å²) in [4.78, 5) is 19.1. The molecular weight excluding hydrogens is 330 g/mol. The van der Waals surface area contributed by atoms with Gasteiger partial charge in [0.25, 0.3) is 5.91 Å². The van der Waals surface area contributed by atoms with Crippen LogP contribution >= 0.6 is 0 Å². The molecule has 3 rings (SSSR count). The van der Waals surface area contributed by atoms with Gasteiger partial charge in [0, 0.05) is 70.6 Å². The zero-order chi connectivity index (χ0) is 18.7. The van der Waals surface area contributed by atoms with Gasteiger partial charge in [0.1, 0.15) is 0 Å². The molecular formula is C20H31N3O3. The fraction of sp³-hybridized carbons (Fsp3) is 0.650. The molecule has 0 radical (unpaired) electrons. The lowest BCUT2D eigenvalue weighted by atomic mass is 9.95. The molecule has 0 spiro atoms. The van der Waals surface area contributed by atoms with Gasteiger partial charge in [-0.3, -0.25) is 4.79 Å². The molecule has 0 saturated carbocycles. The van der Waals surface area contributed by atoms with Crippen LogP contribution in [0, 0.1) is 11.8 Å². The van der Waals surface area contributed by atoms with Crippen LogP contribution in [0.4, 0.5) is 5.69 Å². The first kappa shape index (κ1) is 19.1. The highest BCUT2D eigenvalue weighted by Gasteiger charge is 2.36. The van der Waals surface area contributed by atoms with Crippen LogP contribution in [0.1, 0.15) is 23.2 Å². The Kier molecular flexibility index (Phi) is 6.16. The molecule has 2 aliphatic rings. The van der Waals surface area contributed by atoms with Crippen LogP contribution in [0.2, 0.25) is 0 Å². The summed E-state index contributed by atoms with van der Waals surface area (Å²) in [5, 5.41) is 19.4. The van der Waals surface area contributed by atoms with Crippen LogP contribution in [-0.2, 0) is 0 Å². The molecule has 26 heavy (non-hydrogen) atoms. The van der Waals surface area contributed by atoms with Crippen molar-refractivity contribution < 1.29 is 15.0 Å². The van der Waals surface area contributed by atoms with E-state index in [-0.39, 0.29) is 24.5 Å². The van der Waals surface area contributed by atoms with Crippen molar-refractivity contribution in [2.45, 2.75) is 18.9 Å². The Morgan fingerprint density at radius 1 is 1.12 bits per heavy atom. The fourth-order valence-electron chi connectivity index (χ4n) is 4.04. The normalized spacial score (nSPS) is 24.8. The van der Waals surface area contributed by atoms with Gasteiger partial charge in [-0.2, -0.15) is 0 Å². The number of piperidine rings is 1. The molecule has 1 amide bonds. The van der Waals surface area contributed by atoms with E-state index in [1.807, 2.05) is 48.2 Å². The number of carbonyl (C=O) groups is 1. The third-order valence-electron chi connectivity index (χ3n) is 5.78. The minimum Gasteiger partial charge on any atom is -0.396 e. The minimum atomic E-state index is -0.174. The fourth-order valence-corrected chi connectivity index (χ4v) is 4.04. The topological polar surface area (TPSA) is 67.2 Å². The summed E-state index contributed by atoms with van der Waals surface area (Å²) in [6.07, 6.45) is 1.46. The maximum Gasteiger partial charge on any atom is 0.253 e. The van der Waals surface area contributed by atoms with E-state index in [0.29, 0.717) is 24.6 Å². The summed E-state index contributed by atoms with van der Waals surface area (Å²) in [6.45, 7) is 4.11. The number of aliphatic hydroxyl groups excluding tert-OH is 2. The first-order valence-electron chi connectivity index (χ1n) is 9.56. The van der Waals surface area contributed by atoms with Crippen LogP contribution < -0.4 is 4.90 Å². The molecule has 6 heteroatoms. The largest absolute Gasteiger partial charge is 0.396 e. The number of hydrogen-bond acceptors (Lipinski definition) is 5. The highest BCUT2D eigenvalue weighted by Crippen LogP contribution is 2.27. The first-order chi connectivity index (χ1) is 12.5. The molecule has 2 unspecified atom stereocenters. The number of hydrogen-bond donors (Lipinski definition) is 2. The second-order valence-electron chi connectivity index (χ2n) is 7.89. The Bertz CT molecular complexity index is 597. The van der Waals surface area contributed by atoms with Crippen molar-refractivity contribution in [1.82, 2.24) is 9.80 Å². The van der Waals surface area contributed by atoms with E-state index in [0.717, 1.165) is 38.2 Å². The standard InChI is InChI=1S/C20H31N3O3/c1-21(2)18-5-3-15(4-6-18)20(26)23-12-16(17(13-23)14-24)11-22-9-7-19(25)8-10-22/h3-6,16-17,19,24-25H,7-14H2,1-2H3. The quantitative estimate of drug-likeness (QED) is 0.815. The summed E-state index contributed by atoms with van der Waals surface area (Å²) in [7, 11) is 3.96. The molecule has 0 bridgehead atoms. The molecule has 6 nitrogen and oxygen atoms in total. The SMILES string of the molecule is CN(C)c1ccc(C(=O)N2CC(CO)C(CN3CCC(O)CC3)C2)cc1. The van der Waals surface area contributed by atoms with Crippen LogP contribution in [0.3, 0.4) is 0 Å². The van der Waals surface area contributed by atoms with Crippen molar-refractivity contribution in [3.63, 3.8) is 0 Å². The lowest BCUT2D eigenvalue weighted by molar-refractivity contribution is 0.0679. The third kappa shape index (κ3) is 4.37. The Labute approximate surface area is 156 Å². The highest BCUT2D eigenvalue weighted by molar-refractivity contribution is 5.94. The molecule has 2 heterocycles. The van der Waals surface area contributed by atoms with Gasteiger partial charge in [0.2, 0.25) is 0 Å². The van der Waals surface area contributed by atoms with E-state index >= 15 is 0 Å². The second-order valence-corrected chi connectivity index (χ2v) is 7.89. The van der Waals surface area contributed by atoms with Gasteiger partial charge in [-0.25, -0.2) is 0 Å². The average Bonchev–Trinajstić information content (AvgIpc) is 3.06. The van der Waals surface area contributed by atoms with Crippen LogP contribution in [0.15, 0.2) is 24.3 Å².